The summed E-state index contributed by atoms with van der Waals surface area (Å²) in [7, 11) is 0. The second-order valence-corrected chi connectivity index (χ2v) is 4.30. The van der Waals surface area contributed by atoms with Gasteiger partial charge in [0.25, 0.3) is 0 Å². The molecule has 0 saturated carbocycles. The van der Waals surface area contributed by atoms with E-state index in [0.29, 0.717) is 6.54 Å². The molecule has 3 aromatic rings. The number of aromatic nitrogens is 3. The molecule has 0 amide bonds. The van der Waals surface area contributed by atoms with E-state index in [2.05, 4.69) is 23.1 Å². The lowest BCUT2D eigenvalue weighted by molar-refractivity contribution is 0.888. The first-order valence-electron chi connectivity index (χ1n) is 5.88. The van der Waals surface area contributed by atoms with Gasteiger partial charge in [-0.15, -0.1) is 0 Å². The molecule has 4 heteroatoms. The molecule has 0 saturated heterocycles. The Morgan fingerprint density at radius 3 is 2.83 bits per heavy atom. The summed E-state index contributed by atoms with van der Waals surface area (Å²) in [5.41, 5.74) is 9.73. The molecule has 0 atom stereocenters. The Morgan fingerprint density at radius 2 is 2.06 bits per heavy atom. The monoisotopic (exact) mass is 238 g/mol. The Labute approximate surface area is 105 Å². The minimum atomic E-state index is 0.498. The van der Waals surface area contributed by atoms with Gasteiger partial charge >= 0.3 is 0 Å². The van der Waals surface area contributed by atoms with Gasteiger partial charge in [0.1, 0.15) is 0 Å². The molecule has 0 spiro atoms. The first-order chi connectivity index (χ1) is 8.79. The predicted octanol–water partition coefficient (Wildman–Crippen LogP) is 2.19. The Kier molecular flexibility index (Phi) is 2.57. The van der Waals surface area contributed by atoms with Crippen molar-refractivity contribution in [1.82, 2.24) is 14.8 Å². The lowest BCUT2D eigenvalue weighted by atomic mass is 10.2. The van der Waals surface area contributed by atoms with Crippen molar-refractivity contribution in [3.05, 3.63) is 53.9 Å². The van der Waals surface area contributed by atoms with Crippen molar-refractivity contribution in [2.45, 2.75) is 13.5 Å². The number of nitrogens with two attached hydrogens (primary N) is 1. The second kappa shape index (κ2) is 4.23. The predicted molar refractivity (Wildman–Crippen MR) is 71.5 cm³/mol. The van der Waals surface area contributed by atoms with Crippen LogP contribution in [0.3, 0.4) is 0 Å². The van der Waals surface area contributed by atoms with E-state index in [1.165, 1.54) is 5.56 Å². The minimum absolute atomic E-state index is 0.498. The van der Waals surface area contributed by atoms with Gasteiger partial charge < -0.3 is 5.73 Å². The fourth-order valence-electron chi connectivity index (χ4n) is 2.06. The summed E-state index contributed by atoms with van der Waals surface area (Å²) in [5.74, 6) is 0. The van der Waals surface area contributed by atoms with Crippen molar-refractivity contribution in [2.75, 3.05) is 0 Å². The van der Waals surface area contributed by atoms with Crippen LogP contribution in [0.2, 0.25) is 0 Å². The van der Waals surface area contributed by atoms with Crippen molar-refractivity contribution < 1.29 is 0 Å². The van der Waals surface area contributed by atoms with Gasteiger partial charge in [-0.2, -0.15) is 5.10 Å². The molecular weight excluding hydrogens is 224 g/mol. The molecule has 0 unspecified atom stereocenters. The van der Waals surface area contributed by atoms with Crippen LogP contribution in [-0.4, -0.2) is 14.8 Å². The Morgan fingerprint density at radius 1 is 1.22 bits per heavy atom. The lowest BCUT2D eigenvalue weighted by Gasteiger charge is -2.06. The van der Waals surface area contributed by atoms with E-state index in [-0.39, 0.29) is 0 Å². The van der Waals surface area contributed by atoms with Crippen LogP contribution in [0.1, 0.15) is 11.1 Å². The molecule has 2 heterocycles. The van der Waals surface area contributed by atoms with E-state index >= 15 is 0 Å². The van der Waals surface area contributed by atoms with Crippen molar-refractivity contribution in [3.8, 4) is 5.69 Å². The van der Waals surface area contributed by atoms with Crippen LogP contribution < -0.4 is 5.73 Å². The highest BCUT2D eigenvalue weighted by Gasteiger charge is 2.08. The molecule has 0 bridgehead atoms. The number of benzene rings is 1. The molecule has 90 valence electrons. The number of hydrogen-bond donors (Lipinski definition) is 1. The smallest absolute Gasteiger partial charge is 0.162 e. The summed E-state index contributed by atoms with van der Waals surface area (Å²) in [4.78, 5) is 4.45. The van der Waals surface area contributed by atoms with Crippen molar-refractivity contribution >= 4 is 11.0 Å². The molecule has 0 fully saturated rings. The number of pyridine rings is 1. The molecule has 18 heavy (non-hydrogen) atoms. The SMILES string of the molecule is Cc1ccccc1-n1ncc2cc(CN)cnc21. The number of hydrogen-bond acceptors (Lipinski definition) is 3. The van der Waals surface area contributed by atoms with E-state index in [4.69, 9.17) is 5.73 Å². The third-order valence-electron chi connectivity index (χ3n) is 3.04. The van der Waals surface area contributed by atoms with Gasteiger partial charge in [0.15, 0.2) is 5.65 Å². The first kappa shape index (κ1) is 10.9. The van der Waals surface area contributed by atoms with Crippen molar-refractivity contribution in [3.63, 3.8) is 0 Å². The third kappa shape index (κ3) is 1.67. The van der Waals surface area contributed by atoms with Crippen LogP contribution in [0, 0.1) is 6.92 Å². The van der Waals surface area contributed by atoms with Crippen LogP contribution >= 0.6 is 0 Å². The summed E-state index contributed by atoms with van der Waals surface area (Å²) >= 11 is 0. The molecule has 4 nitrogen and oxygen atoms in total. The molecule has 2 N–H and O–H groups in total. The van der Waals surface area contributed by atoms with Gasteiger partial charge in [-0.05, 0) is 30.2 Å². The molecule has 0 aliphatic rings. The Balaban J connectivity index is 2.22. The molecule has 1 aromatic carbocycles. The van der Waals surface area contributed by atoms with Crippen LogP contribution in [0.25, 0.3) is 16.7 Å². The van der Waals surface area contributed by atoms with Gasteiger partial charge in [-0.3, -0.25) is 0 Å². The van der Waals surface area contributed by atoms with Gasteiger partial charge in [0.2, 0.25) is 0 Å². The summed E-state index contributed by atoms with van der Waals surface area (Å²) in [6.45, 7) is 2.57. The quantitative estimate of drug-likeness (QED) is 0.744. The van der Waals surface area contributed by atoms with Gasteiger partial charge in [-0.25, -0.2) is 9.67 Å². The zero-order valence-electron chi connectivity index (χ0n) is 10.2. The standard InChI is InChI=1S/C14H14N4/c1-10-4-2-3-5-13(10)18-14-12(9-17-18)6-11(7-15)8-16-14/h2-6,8-9H,7,15H2,1H3. The largest absolute Gasteiger partial charge is 0.326 e. The van der Waals surface area contributed by atoms with Crippen molar-refractivity contribution in [2.24, 2.45) is 5.73 Å². The number of para-hydroxylation sites is 1. The number of rotatable bonds is 2. The van der Waals surface area contributed by atoms with Crippen LogP contribution in [0.5, 0.6) is 0 Å². The normalized spacial score (nSPS) is 11.0. The maximum absolute atomic E-state index is 5.62. The highest BCUT2D eigenvalue weighted by molar-refractivity contribution is 5.77. The molecule has 3 rings (SSSR count). The van der Waals surface area contributed by atoms with E-state index in [1.807, 2.05) is 35.1 Å². The van der Waals surface area contributed by atoms with E-state index in [9.17, 15) is 0 Å². The summed E-state index contributed by atoms with van der Waals surface area (Å²) in [5, 5.41) is 5.43. The highest BCUT2D eigenvalue weighted by atomic mass is 15.3. The number of aryl methyl sites for hydroxylation is 1. The molecule has 0 radical (unpaired) electrons. The summed E-state index contributed by atoms with van der Waals surface area (Å²) < 4.78 is 1.87. The van der Waals surface area contributed by atoms with Crippen molar-refractivity contribution in [1.29, 1.82) is 0 Å². The molecule has 0 aliphatic carbocycles. The van der Waals surface area contributed by atoms with Gasteiger partial charge in [-0.1, -0.05) is 18.2 Å². The third-order valence-corrected chi connectivity index (χ3v) is 3.04. The highest BCUT2D eigenvalue weighted by Crippen LogP contribution is 2.19. The molecule has 0 aliphatic heterocycles. The van der Waals surface area contributed by atoms with Gasteiger partial charge in [0.05, 0.1) is 11.9 Å². The maximum Gasteiger partial charge on any atom is 0.162 e. The van der Waals surface area contributed by atoms with Crippen LogP contribution in [0.4, 0.5) is 0 Å². The maximum atomic E-state index is 5.62. The molecule has 2 aromatic heterocycles. The Hall–Kier alpha value is -2.20. The zero-order valence-corrected chi connectivity index (χ0v) is 10.2. The second-order valence-electron chi connectivity index (χ2n) is 4.30. The fourth-order valence-corrected chi connectivity index (χ4v) is 2.06. The minimum Gasteiger partial charge on any atom is -0.326 e. The van der Waals surface area contributed by atoms with Crippen LogP contribution in [-0.2, 0) is 6.54 Å². The van der Waals surface area contributed by atoms with Gasteiger partial charge in [0, 0.05) is 18.1 Å². The average molecular weight is 238 g/mol. The van der Waals surface area contributed by atoms with Crippen LogP contribution in [0.15, 0.2) is 42.7 Å². The lowest BCUT2D eigenvalue weighted by Crippen LogP contribution is -2.01. The molecular formula is C14H14N4. The summed E-state index contributed by atoms with van der Waals surface area (Å²) in [6, 6.07) is 10.2. The average Bonchev–Trinajstić information content (AvgIpc) is 2.82. The first-order valence-corrected chi connectivity index (χ1v) is 5.88. The zero-order chi connectivity index (χ0) is 12.5. The summed E-state index contributed by atoms with van der Waals surface area (Å²) in [6.07, 6.45) is 3.63. The van der Waals surface area contributed by atoms with E-state index < -0.39 is 0 Å². The van der Waals surface area contributed by atoms with E-state index in [1.54, 1.807) is 6.20 Å². The Bertz CT molecular complexity index is 700. The fraction of sp³-hybridized carbons (Fsp3) is 0.143. The number of nitrogens with zero attached hydrogens (tertiary/aromatic N) is 3. The topological polar surface area (TPSA) is 56.7 Å². The number of fused-ring (bicyclic) bond motifs is 1. The van der Waals surface area contributed by atoms with E-state index in [0.717, 1.165) is 22.3 Å².